The first kappa shape index (κ1) is 18.7. The van der Waals surface area contributed by atoms with Gasteiger partial charge in [0.05, 0.1) is 21.8 Å². The van der Waals surface area contributed by atoms with Crippen LogP contribution in [0.3, 0.4) is 0 Å². The van der Waals surface area contributed by atoms with Gasteiger partial charge < -0.3 is 5.11 Å². The van der Waals surface area contributed by atoms with E-state index in [1.807, 2.05) is 36.7 Å². The van der Waals surface area contributed by atoms with E-state index in [1.54, 1.807) is 24.3 Å². The molecule has 0 aliphatic rings. The first-order valence-electron chi connectivity index (χ1n) is 8.47. The molecule has 0 saturated carbocycles. The highest BCUT2D eigenvalue weighted by atomic mass is 35.5. The van der Waals surface area contributed by atoms with Gasteiger partial charge in [0.15, 0.2) is 0 Å². The molecule has 0 spiro atoms. The summed E-state index contributed by atoms with van der Waals surface area (Å²) in [6, 6.07) is 14.4. The van der Waals surface area contributed by atoms with E-state index in [0.717, 1.165) is 34.5 Å². The number of hydrogen-bond acceptors (Lipinski definition) is 3. The Hall–Kier alpha value is -3.10. The SMILES string of the molecule is Cc1nn(CCc2ccc(C(=O)O)cc2)c(C)c1-c1ccc(C#N)c(Cl)c1. The number of rotatable bonds is 5. The molecule has 5 nitrogen and oxygen atoms in total. The van der Waals surface area contributed by atoms with Crippen molar-refractivity contribution in [2.45, 2.75) is 26.8 Å². The van der Waals surface area contributed by atoms with E-state index in [9.17, 15) is 4.79 Å². The van der Waals surface area contributed by atoms with E-state index in [0.29, 0.717) is 17.1 Å². The van der Waals surface area contributed by atoms with Crippen LogP contribution in [0.2, 0.25) is 5.02 Å². The number of carboxylic acids is 1. The first-order valence-corrected chi connectivity index (χ1v) is 8.84. The molecule has 2 aromatic carbocycles. The number of carbonyl (C=O) groups is 1. The summed E-state index contributed by atoms with van der Waals surface area (Å²) >= 11 is 6.18. The summed E-state index contributed by atoms with van der Waals surface area (Å²) in [5, 5.41) is 23.1. The third kappa shape index (κ3) is 3.86. The molecule has 6 heteroatoms. The molecule has 0 saturated heterocycles. The Kier molecular flexibility index (Phi) is 5.29. The Balaban J connectivity index is 1.82. The summed E-state index contributed by atoms with van der Waals surface area (Å²) in [6.07, 6.45) is 0.745. The zero-order valence-electron chi connectivity index (χ0n) is 15.0. The Bertz CT molecular complexity index is 1050. The maximum Gasteiger partial charge on any atom is 0.335 e. The van der Waals surface area contributed by atoms with Gasteiger partial charge in [-0.25, -0.2) is 4.79 Å². The Morgan fingerprint density at radius 3 is 2.52 bits per heavy atom. The van der Waals surface area contributed by atoms with Gasteiger partial charge in [-0.3, -0.25) is 4.68 Å². The molecule has 136 valence electrons. The average molecular weight is 380 g/mol. The van der Waals surface area contributed by atoms with Crippen molar-refractivity contribution in [1.29, 1.82) is 5.26 Å². The van der Waals surface area contributed by atoms with Gasteiger partial charge in [0.25, 0.3) is 0 Å². The van der Waals surface area contributed by atoms with Crippen LogP contribution in [-0.2, 0) is 13.0 Å². The standard InChI is InChI=1S/C21H18ClN3O2/c1-13-20(17-7-8-18(12-23)19(22)11-17)14(2)25(24-13)10-9-15-3-5-16(6-4-15)21(26)27/h3-8,11H,9-10H2,1-2H3,(H,26,27). The molecule has 1 heterocycles. The lowest BCUT2D eigenvalue weighted by Crippen LogP contribution is -2.06. The van der Waals surface area contributed by atoms with Crippen LogP contribution in [0, 0.1) is 25.2 Å². The zero-order chi connectivity index (χ0) is 19.6. The summed E-state index contributed by atoms with van der Waals surface area (Å²) in [4.78, 5) is 10.9. The molecule has 3 aromatic rings. The molecule has 0 fully saturated rings. The van der Waals surface area contributed by atoms with Crippen molar-refractivity contribution in [3.05, 3.63) is 75.6 Å². The number of nitrogens with zero attached hydrogens (tertiary/aromatic N) is 3. The maximum absolute atomic E-state index is 10.9. The highest BCUT2D eigenvalue weighted by molar-refractivity contribution is 6.32. The monoisotopic (exact) mass is 379 g/mol. The van der Waals surface area contributed by atoms with Gasteiger partial charge in [0.2, 0.25) is 0 Å². The third-order valence-corrected chi connectivity index (χ3v) is 4.89. The summed E-state index contributed by atoms with van der Waals surface area (Å²) < 4.78 is 1.95. The van der Waals surface area contributed by atoms with Crippen LogP contribution in [-0.4, -0.2) is 20.9 Å². The molecule has 1 N–H and O–H groups in total. The molecule has 0 radical (unpaired) electrons. The smallest absolute Gasteiger partial charge is 0.335 e. The highest BCUT2D eigenvalue weighted by Crippen LogP contribution is 2.30. The van der Waals surface area contributed by atoms with Crippen LogP contribution in [0.5, 0.6) is 0 Å². The molecule has 0 amide bonds. The van der Waals surface area contributed by atoms with Crippen molar-refractivity contribution in [2.75, 3.05) is 0 Å². The number of aryl methyl sites for hydroxylation is 3. The summed E-state index contributed by atoms with van der Waals surface area (Å²) in [6.45, 7) is 4.64. The van der Waals surface area contributed by atoms with Crippen LogP contribution in [0.4, 0.5) is 0 Å². The lowest BCUT2D eigenvalue weighted by molar-refractivity contribution is 0.0697. The van der Waals surface area contributed by atoms with Crippen molar-refractivity contribution in [3.63, 3.8) is 0 Å². The molecule has 0 atom stereocenters. The number of benzene rings is 2. The van der Waals surface area contributed by atoms with Gasteiger partial charge >= 0.3 is 5.97 Å². The summed E-state index contributed by atoms with van der Waals surface area (Å²) in [5.74, 6) is -0.925. The Morgan fingerprint density at radius 2 is 1.93 bits per heavy atom. The van der Waals surface area contributed by atoms with E-state index in [4.69, 9.17) is 22.0 Å². The number of halogens is 1. The van der Waals surface area contributed by atoms with Gasteiger partial charge in [0, 0.05) is 17.8 Å². The molecule has 1 aromatic heterocycles. The van der Waals surface area contributed by atoms with Crippen LogP contribution in [0.1, 0.15) is 32.9 Å². The van der Waals surface area contributed by atoms with Gasteiger partial charge in [-0.2, -0.15) is 10.4 Å². The molecular formula is C21H18ClN3O2. The van der Waals surface area contributed by atoms with E-state index in [2.05, 4.69) is 11.2 Å². The van der Waals surface area contributed by atoms with Crippen LogP contribution >= 0.6 is 11.6 Å². The number of nitriles is 1. The fourth-order valence-corrected chi connectivity index (χ4v) is 3.37. The Labute approximate surface area is 162 Å². The van der Waals surface area contributed by atoms with Gasteiger partial charge in [-0.15, -0.1) is 0 Å². The molecule has 0 unspecified atom stereocenters. The molecule has 0 aliphatic carbocycles. The minimum atomic E-state index is -0.925. The van der Waals surface area contributed by atoms with E-state index >= 15 is 0 Å². The predicted molar refractivity (Wildman–Crippen MR) is 104 cm³/mol. The minimum absolute atomic E-state index is 0.282. The fraction of sp³-hybridized carbons (Fsp3) is 0.190. The molecule has 0 bridgehead atoms. The number of aromatic carboxylic acids is 1. The Morgan fingerprint density at radius 1 is 1.22 bits per heavy atom. The van der Waals surface area contributed by atoms with Crippen LogP contribution in [0.15, 0.2) is 42.5 Å². The van der Waals surface area contributed by atoms with Crippen LogP contribution in [0.25, 0.3) is 11.1 Å². The molecule has 0 aliphatic heterocycles. The second-order valence-corrected chi connectivity index (χ2v) is 6.73. The topological polar surface area (TPSA) is 78.9 Å². The lowest BCUT2D eigenvalue weighted by Gasteiger charge is -2.07. The summed E-state index contributed by atoms with van der Waals surface area (Å²) in [5.41, 5.74) is 5.66. The number of hydrogen-bond donors (Lipinski definition) is 1. The van der Waals surface area contributed by atoms with E-state index < -0.39 is 5.97 Å². The maximum atomic E-state index is 10.9. The minimum Gasteiger partial charge on any atom is -0.478 e. The second kappa shape index (κ2) is 7.65. The van der Waals surface area contributed by atoms with Gasteiger partial charge in [0.1, 0.15) is 6.07 Å². The van der Waals surface area contributed by atoms with Crippen molar-refractivity contribution >= 4 is 17.6 Å². The fourth-order valence-electron chi connectivity index (χ4n) is 3.14. The van der Waals surface area contributed by atoms with Gasteiger partial charge in [-0.1, -0.05) is 29.8 Å². The highest BCUT2D eigenvalue weighted by Gasteiger charge is 2.15. The molecule has 3 rings (SSSR count). The molecule has 27 heavy (non-hydrogen) atoms. The lowest BCUT2D eigenvalue weighted by atomic mass is 10.0. The average Bonchev–Trinajstić information content (AvgIpc) is 2.93. The zero-order valence-corrected chi connectivity index (χ0v) is 15.8. The summed E-state index contributed by atoms with van der Waals surface area (Å²) in [7, 11) is 0. The van der Waals surface area contributed by atoms with E-state index in [1.165, 1.54) is 0 Å². The van der Waals surface area contributed by atoms with E-state index in [-0.39, 0.29) is 5.56 Å². The van der Waals surface area contributed by atoms with Crippen molar-refractivity contribution in [2.24, 2.45) is 0 Å². The second-order valence-electron chi connectivity index (χ2n) is 6.33. The normalized spacial score (nSPS) is 10.6. The predicted octanol–water partition coefficient (Wildman–Crippen LogP) is 4.63. The van der Waals surface area contributed by atoms with Crippen molar-refractivity contribution in [1.82, 2.24) is 9.78 Å². The molecular weight excluding hydrogens is 362 g/mol. The van der Waals surface area contributed by atoms with Crippen LogP contribution < -0.4 is 0 Å². The number of carboxylic acid groups (broad SMARTS) is 1. The largest absolute Gasteiger partial charge is 0.478 e. The first-order chi connectivity index (χ1) is 12.9. The van der Waals surface area contributed by atoms with Gasteiger partial charge in [-0.05, 0) is 55.7 Å². The quantitative estimate of drug-likeness (QED) is 0.700. The van der Waals surface area contributed by atoms with Crippen molar-refractivity contribution in [3.8, 4) is 17.2 Å². The van der Waals surface area contributed by atoms with Crippen molar-refractivity contribution < 1.29 is 9.90 Å². The third-order valence-electron chi connectivity index (χ3n) is 4.57. The number of aromatic nitrogens is 2.